The van der Waals surface area contributed by atoms with Gasteiger partial charge in [0.25, 0.3) is 0 Å². The number of hydrogen-bond donors (Lipinski definition) is 8. The van der Waals surface area contributed by atoms with Crippen molar-refractivity contribution in [2.24, 2.45) is 9.98 Å². The van der Waals surface area contributed by atoms with E-state index in [1.807, 2.05) is 11.0 Å². The third kappa shape index (κ3) is 6.86. The van der Waals surface area contributed by atoms with Gasteiger partial charge in [0.15, 0.2) is 23.1 Å². The van der Waals surface area contributed by atoms with Gasteiger partial charge in [0.1, 0.15) is 11.6 Å². The normalized spacial score (nSPS) is 27.8. The summed E-state index contributed by atoms with van der Waals surface area (Å²) in [7, 11) is -4.99. The summed E-state index contributed by atoms with van der Waals surface area (Å²) in [6.45, 7) is 0. The molecular formula is C28H30F2N12O6S2. The Balaban J connectivity index is 0.000000157. The van der Waals surface area contributed by atoms with Crippen LogP contribution in [0.1, 0.15) is 45.7 Å². The van der Waals surface area contributed by atoms with Crippen LogP contribution in [0.3, 0.4) is 0 Å². The Morgan fingerprint density at radius 3 is 1.48 bits per heavy atom. The van der Waals surface area contributed by atoms with E-state index in [-0.39, 0.29) is 93.5 Å². The number of aromatic nitrogens is 4. The molecule has 4 aromatic rings. The van der Waals surface area contributed by atoms with Crippen LogP contribution in [0.2, 0.25) is 0 Å². The molecule has 4 heterocycles. The topological polar surface area (TPSA) is 273 Å². The number of nitrogens with zero attached hydrogens (tertiary/aromatic N) is 6. The first-order valence-electron chi connectivity index (χ1n) is 15.1. The number of hydrogen-bond acceptors (Lipinski definition) is 16. The predicted molar refractivity (Wildman–Crippen MR) is 173 cm³/mol. The number of aliphatic imine (C=N–C) groups is 2. The lowest BCUT2D eigenvalue weighted by molar-refractivity contribution is 0.232. The molecular weight excluding hydrogens is 703 g/mol. The fraction of sp³-hybridized carbons (Fsp3) is 0.357. The zero-order valence-corrected chi connectivity index (χ0v) is 27.4. The zero-order valence-electron chi connectivity index (χ0n) is 25.8. The summed E-state index contributed by atoms with van der Waals surface area (Å²) in [4.78, 5) is 8.72. The number of nitrogens with one attached hydrogen (secondary N) is 6. The number of hydroxylamine groups is 2. The van der Waals surface area contributed by atoms with E-state index in [9.17, 15) is 27.6 Å². The van der Waals surface area contributed by atoms with E-state index in [1.165, 1.54) is 24.3 Å². The molecule has 2 aromatic carbocycles. The summed E-state index contributed by atoms with van der Waals surface area (Å²) in [6.07, 6.45) is 1.25. The molecule has 0 spiro atoms. The summed E-state index contributed by atoms with van der Waals surface area (Å²) >= 11 is 0. The van der Waals surface area contributed by atoms with Crippen molar-refractivity contribution in [1.82, 2.24) is 31.6 Å². The zero-order chi connectivity index (χ0) is 35.2. The van der Waals surface area contributed by atoms with Gasteiger partial charge in [-0.2, -0.15) is 0 Å². The minimum atomic E-state index is -2.50. The molecule has 264 valence electrons. The van der Waals surface area contributed by atoms with E-state index in [1.54, 1.807) is 12.1 Å². The van der Waals surface area contributed by atoms with E-state index in [4.69, 9.17) is 18.8 Å². The van der Waals surface area contributed by atoms with Gasteiger partial charge in [0.05, 0.1) is 47.2 Å². The van der Waals surface area contributed by atoms with Gasteiger partial charge in [0, 0.05) is 19.5 Å². The Morgan fingerprint density at radius 2 is 1.12 bits per heavy atom. The molecule has 0 radical (unpaired) electrons. The van der Waals surface area contributed by atoms with Gasteiger partial charge < -0.3 is 10.6 Å². The molecule has 4 aliphatic rings. The highest BCUT2D eigenvalue weighted by atomic mass is 32.2. The summed E-state index contributed by atoms with van der Waals surface area (Å²) < 4.78 is 73.9. The minimum Gasteiger partial charge on any atom is -0.361 e. The maximum atomic E-state index is 13.4. The second-order valence-corrected chi connectivity index (χ2v) is 16.8. The average Bonchev–Trinajstić information content (AvgIpc) is 3.69. The van der Waals surface area contributed by atoms with Crippen LogP contribution in [-0.4, -0.2) is 86.2 Å². The van der Waals surface area contributed by atoms with Crippen molar-refractivity contribution < 1.29 is 36.9 Å². The fourth-order valence-corrected chi connectivity index (χ4v) is 8.70. The van der Waals surface area contributed by atoms with Gasteiger partial charge in [-0.05, 0) is 80.0 Å². The molecule has 0 unspecified atom stereocenters. The van der Waals surface area contributed by atoms with Crippen LogP contribution in [0.4, 0.5) is 20.4 Å². The molecule has 18 nitrogen and oxygen atoms in total. The molecule has 0 amide bonds. The van der Waals surface area contributed by atoms with Crippen molar-refractivity contribution in [1.29, 1.82) is 9.56 Å². The van der Waals surface area contributed by atoms with Crippen LogP contribution in [0.5, 0.6) is 0 Å². The lowest BCUT2D eigenvalue weighted by Gasteiger charge is -2.29. The largest absolute Gasteiger partial charge is 0.361 e. The second kappa shape index (κ2) is 13.0. The quantitative estimate of drug-likeness (QED) is 0.0733. The van der Waals surface area contributed by atoms with Crippen LogP contribution in [0, 0.1) is 21.2 Å². The van der Waals surface area contributed by atoms with Crippen molar-refractivity contribution in [2.75, 3.05) is 33.6 Å². The smallest absolute Gasteiger partial charge is 0.202 e. The standard InChI is InChI=1S/2C14H15FN6O3S/c2*15-8-2-1-7-3-11(10(7)4-8)18-13(19-22)12-14(21-24-20-12)17-9-5-25(16,23)6-9/h2*1-2,4,9,11,16,22H,3,5-6H2,(H,17,21)(H,18,19)/t2*9?,11-,25?/m00/s1. The second-order valence-electron chi connectivity index (χ2n) is 12.2. The van der Waals surface area contributed by atoms with Crippen LogP contribution in [0.15, 0.2) is 55.6 Å². The maximum Gasteiger partial charge on any atom is 0.202 e. The fourth-order valence-electron chi connectivity index (χ4n) is 5.96. The van der Waals surface area contributed by atoms with Gasteiger partial charge in [-0.25, -0.2) is 26.5 Å². The Labute approximate surface area is 282 Å². The maximum absolute atomic E-state index is 13.4. The molecule has 2 atom stereocenters. The van der Waals surface area contributed by atoms with Crippen molar-refractivity contribution in [3.63, 3.8) is 0 Å². The Morgan fingerprint density at radius 1 is 0.720 bits per heavy atom. The third-order valence-corrected chi connectivity index (χ3v) is 12.3. The van der Waals surface area contributed by atoms with Crippen LogP contribution < -0.4 is 21.6 Å². The molecule has 2 fully saturated rings. The number of rotatable bonds is 8. The van der Waals surface area contributed by atoms with Gasteiger partial charge in [-0.3, -0.25) is 40.9 Å². The van der Waals surface area contributed by atoms with Crippen molar-refractivity contribution in [3.05, 3.63) is 81.7 Å². The first-order chi connectivity index (χ1) is 23.9. The number of halogens is 2. The summed E-state index contributed by atoms with van der Waals surface area (Å²) in [5.74, 6) is 0.725. The Kier molecular flexibility index (Phi) is 8.69. The lowest BCUT2D eigenvalue weighted by Crippen LogP contribution is -2.46. The Hall–Kier alpha value is -5.06. The molecule has 8 rings (SSSR count). The number of benzene rings is 2. The molecule has 2 aliphatic carbocycles. The van der Waals surface area contributed by atoms with Crippen LogP contribution >= 0.6 is 0 Å². The van der Waals surface area contributed by atoms with Gasteiger partial charge in [-0.1, -0.05) is 12.1 Å². The molecule has 50 heavy (non-hydrogen) atoms. The summed E-state index contributed by atoms with van der Waals surface area (Å²) in [5, 5.41) is 39.7. The molecule has 2 aromatic heterocycles. The average molecular weight is 733 g/mol. The molecule has 2 aliphatic heterocycles. The Bertz CT molecular complexity index is 2050. The SMILES string of the molecule is N=S1(=O)CC(Nc2nonc2C(=N[C@H]2Cc3ccc(F)cc32)NO)C1.N=S1(=O)CC(Nc2nonc2C(=N[C@H]2Cc3ccc(F)cc32)NO)C1. The van der Waals surface area contributed by atoms with E-state index in [0.29, 0.717) is 12.8 Å². The van der Waals surface area contributed by atoms with Gasteiger partial charge in [-0.15, -0.1) is 0 Å². The molecule has 2 saturated heterocycles. The monoisotopic (exact) mass is 732 g/mol. The molecule has 8 N–H and O–H groups in total. The minimum absolute atomic E-state index is 0.0367. The number of amidine groups is 2. The van der Waals surface area contributed by atoms with Crippen molar-refractivity contribution in [2.45, 2.75) is 37.0 Å². The predicted octanol–water partition coefficient (Wildman–Crippen LogP) is 2.14. The summed E-state index contributed by atoms with van der Waals surface area (Å²) in [5.41, 5.74) is 7.79. The third-order valence-electron chi connectivity index (χ3n) is 8.53. The van der Waals surface area contributed by atoms with E-state index in [2.05, 4.69) is 41.2 Å². The van der Waals surface area contributed by atoms with E-state index >= 15 is 0 Å². The molecule has 0 saturated carbocycles. The van der Waals surface area contributed by atoms with Crippen molar-refractivity contribution >= 4 is 42.8 Å². The lowest BCUT2D eigenvalue weighted by atomic mass is 9.83. The number of anilines is 2. The summed E-state index contributed by atoms with van der Waals surface area (Å²) in [6, 6.07) is 8.10. The van der Waals surface area contributed by atoms with E-state index in [0.717, 1.165) is 22.3 Å². The van der Waals surface area contributed by atoms with Crippen molar-refractivity contribution in [3.8, 4) is 0 Å². The van der Waals surface area contributed by atoms with Gasteiger partial charge in [0.2, 0.25) is 11.6 Å². The van der Waals surface area contributed by atoms with E-state index < -0.39 is 19.5 Å². The highest BCUT2D eigenvalue weighted by Crippen LogP contribution is 2.38. The number of fused-ring (bicyclic) bond motifs is 2. The highest BCUT2D eigenvalue weighted by molar-refractivity contribution is 7.94. The first kappa shape index (κ1) is 33.4. The van der Waals surface area contributed by atoms with Crippen LogP contribution in [-0.2, 0) is 32.3 Å². The van der Waals surface area contributed by atoms with Crippen LogP contribution in [0.25, 0.3) is 0 Å². The highest BCUT2D eigenvalue weighted by Gasteiger charge is 2.34. The van der Waals surface area contributed by atoms with Gasteiger partial charge >= 0.3 is 0 Å². The molecule has 0 bridgehead atoms. The first-order valence-corrected chi connectivity index (χ1v) is 18.9. The molecule has 22 heteroatoms.